The summed E-state index contributed by atoms with van der Waals surface area (Å²) in [5, 5.41) is 3.73. The first-order valence-corrected chi connectivity index (χ1v) is 10.5. The zero-order valence-electron chi connectivity index (χ0n) is 17.8. The Morgan fingerprint density at radius 2 is 1.94 bits per heavy atom. The maximum Gasteiger partial charge on any atom is 0.266 e. The number of carbonyl (C=O) groups excluding carboxylic acids is 1. The van der Waals surface area contributed by atoms with E-state index in [1.54, 1.807) is 20.4 Å². The zero-order chi connectivity index (χ0) is 22.0. The molecule has 1 amide bonds. The Labute approximate surface area is 183 Å². The molecule has 4 aromatic rings. The number of amides is 1. The largest absolute Gasteiger partial charge is 0.480 e. The lowest BCUT2D eigenvalue weighted by Gasteiger charge is -2.08. The van der Waals surface area contributed by atoms with Crippen LogP contribution in [0.15, 0.2) is 36.7 Å². The highest BCUT2D eigenvalue weighted by atomic mass is 32.1. The summed E-state index contributed by atoms with van der Waals surface area (Å²) in [6.45, 7) is 4.86. The Morgan fingerprint density at radius 1 is 1.16 bits per heavy atom. The molecule has 1 aromatic carbocycles. The fourth-order valence-electron chi connectivity index (χ4n) is 3.35. The molecule has 9 heteroatoms. The van der Waals surface area contributed by atoms with Gasteiger partial charge in [0.25, 0.3) is 5.91 Å². The number of aryl methyl sites for hydroxylation is 2. The summed E-state index contributed by atoms with van der Waals surface area (Å²) in [5.41, 5.74) is 2.65. The van der Waals surface area contributed by atoms with Crippen LogP contribution in [0.4, 0.5) is 5.69 Å². The highest BCUT2D eigenvalue weighted by molar-refractivity contribution is 7.20. The summed E-state index contributed by atoms with van der Waals surface area (Å²) in [6, 6.07) is 7.80. The summed E-state index contributed by atoms with van der Waals surface area (Å²) >= 11 is 1.32. The molecule has 3 aromatic heterocycles. The quantitative estimate of drug-likeness (QED) is 0.471. The van der Waals surface area contributed by atoms with Crippen LogP contribution < -0.4 is 10.1 Å². The molecular weight excluding hydrogens is 414 g/mol. The molecule has 0 saturated carbocycles. The molecule has 4 rings (SSSR count). The molecular formula is C22H23N5O3S. The first-order valence-electron chi connectivity index (χ1n) is 9.71. The maximum atomic E-state index is 13.0. The van der Waals surface area contributed by atoms with Gasteiger partial charge in [0, 0.05) is 31.7 Å². The Kier molecular flexibility index (Phi) is 5.97. The highest BCUT2D eigenvalue weighted by Gasteiger charge is 2.21. The van der Waals surface area contributed by atoms with E-state index in [9.17, 15) is 4.79 Å². The van der Waals surface area contributed by atoms with Gasteiger partial charge in [-0.15, -0.1) is 11.3 Å². The number of carbonyl (C=O) groups is 1. The van der Waals surface area contributed by atoms with Crippen molar-refractivity contribution in [1.29, 1.82) is 0 Å². The molecule has 0 aliphatic rings. The van der Waals surface area contributed by atoms with E-state index < -0.39 is 0 Å². The van der Waals surface area contributed by atoms with Crippen LogP contribution in [0.2, 0.25) is 0 Å². The van der Waals surface area contributed by atoms with Gasteiger partial charge in [-0.1, -0.05) is 12.1 Å². The molecule has 0 atom stereocenters. The van der Waals surface area contributed by atoms with Gasteiger partial charge in [0.05, 0.1) is 17.4 Å². The van der Waals surface area contributed by atoms with Crippen molar-refractivity contribution >= 4 is 33.1 Å². The molecule has 0 spiro atoms. The van der Waals surface area contributed by atoms with Crippen molar-refractivity contribution in [2.24, 2.45) is 0 Å². The molecule has 31 heavy (non-hydrogen) atoms. The van der Waals surface area contributed by atoms with Gasteiger partial charge in [0.15, 0.2) is 5.82 Å². The van der Waals surface area contributed by atoms with E-state index in [1.165, 1.54) is 11.3 Å². The van der Waals surface area contributed by atoms with Gasteiger partial charge in [-0.3, -0.25) is 4.79 Å². The third kappa shape index (κ3) is 4.28. The van der Waals surface area contributed by atoms with Crippen molar-refractivity contribution in [2.45, 2.75) is 27.0 Å². The molecule has 0 unspecified atom stereocenters. The first kappa shape index (κ1) is 21.0. The van der Waals surface area contributed by atoms with Crippen LogP contribution >= 0.6 is 11.3 Å². The maximum absolute atomic E-state index is 13.0. The molecule has 0 aliphatic carbocycles. The first-order chi connectivity index (χ1) is 15.0. The number of nitrogens with zero attached hydrogens (tertiary/aromatic N) is 4. The van der Waals surface area contributed by atoms with E-state index in [0.29, 0.717) is 21.4 Å². The molecule has 0 aliphatic heterocycles. The van der Waals surface area contributed by atoms with Gasteiger partial charge in [-0.25, -0.2) is 9.97 Å². The minimum Gasteiger partial charge on any atom is -0.480 e. The average molecular weight is 438 g/mol. The number of rotatable bonds is 7. The smallest absolute Gasteiger partial charge is 0.266 e. The number of aromatic nitrogens is 4. The van der Waals surface area contributed by atoms with Crippen molar-refractivity contribution in [3.8, 4) is 5.88 Å². The average Bonchev–Trinajstić information content (AvgIpc) is 3.32. The van der Waals surface area contributed by atoms with E-state index >= 15 is 0 Å². The summed E-state index contributed by atoms with van der Waals surface area (Å²) in [6.07, 6.45) is 3.74. The van der Waals surface area contributed by atoms with Gasteiger partial charge in [-0.05, 0) is 37.1 Å². The predicted molar refractivity (Wildman–Crippen MR) is 120 cm³/mol. The number of nitrogens with one attached hydrogen (secondary N) is 1. The van der Waals surface area contributed by atoms with E-state index in [0.717, 1.165) is 34.6 Å². The van der Waals surface area contributed by atoms with Crippen molar-refractivity contribution in [3.63, 3.8) is 0 Å². The standard InChI is InChI=1S/C22H23N5O3S/c1-13-18-21(30-4)25-17(12-29-3)26-22(18)31-19(13)20(28)24-16-7-5-15(6-8-16)11-27-10-9-23-14(27)2/h5-10H,11-12H2,1-4H3,(H,24,28). The monoisotopic (exact) mass is 437 g/mol. The number of fused-ring (bicyclic) bond motifs is 1. The summed E-state index contributed by atoms with van der Waals surface area (Å²) in [7, 11) is 3.14. The van der Waals surface area contributed by atoms with Crippen LogP contribution in [0, 0.1) is 13.8 Å². The van der Waals surface area contributed by atoms with Crippen molar-refractivity contribution in [1.82, 2.24) is 19.5 Å². The molecule has 160 valence electrons. The second-order valence-electron chi connectivity index (χ2n) is 7.07. The van der Waals surface area contributed by atoms with E-state index in [1.807, 2.05) is 44.3 Å². The van der Waals surface area contributed by atoms with E-state index in [-0.39, 0.29) is 12.5 Å². The number of thiophene rings is 1. The number of imidazole rings is 1. The lowest BCUT2D eigenvalue weighted by Crippen LogP contribution is -2.11. The van der Waals surface area contributed by atoms with Gasteiger partial charge in [0.1, 0.15) is 17.3 Å². The van der Waals surface area contributed by atoms with Gasteiger partial charge in [0.2, 0.25) is 5.88 Å². The third-order valence-corrected chi connectivity index (χ3v) is 6.15. The minimum atomic E-state index is -0.186. The van der Waals surface area contributed by atoms with Gasteiger partial charge < -0.3 is 19.4 Å². The highest BCUT2D eigenvalue weighted by Crippen LogP contribution is 2.35. The minimum absolute atomic E-state index is 0.186. The SMILES string of the molecule is COCc1nc(OC)c2c(C)c(C(=O)Nc3ccc(Cn4ccnc4C)cc3)sc2n1. The molecule has 0 fully saturated rings. The number of hydrogen-bond donors (Lipinski definition) is 1. The number of anilines is 1. The van der Waals surface area contributed by atoms with Crippen LogP contribution in [0.3, 0.4) is 0 Å². The lowest BCUT2D eigenvalue weighted by molar-refractivity contribution is 0.103. The fraction of sp³-hybridized carbons (Fsp3) is 0.273. The van der Waals surface area contributed by atoms with Crippen molar-refractivity contribution in [2.75, 3.05) is 19.5 Å². The van der Waals surface area contributed by atoms with Crippen LogP contribution in [0.5, 0.6) is 5.88 Å². The summed E-state index contributed by atoms with van der Waals surface area (Å²) in [5.74, 6) is 1.74. The molecule has 0 bridgehead atoms. The van der Waals surface area contributed by atoms with Crippen LogP contribution in [-0.2, 0) is 17.9 Å². The molecule has 0 saturated heterocycles. The Balaban J connectivity index is 1.55. The third-order valence-electron chi connectivity index (χ3n) is 4.96. The molecule has 8 nitrogen and oxygen atoms in total. The van der Waals surface area contributed by atoms with Crippen molar-refractivity contribution in [3.05, 3.63) is 64.3 Å². The second kappa shape index (κ2) is 8.83. The fourth-order valence-corrected chi connectivity index (χ4v) is 4.44. The summed E-state index contributed by atoms with van der Waals surface area (Å²) in [4.78, 5) is 27.4. The van der Waals surface area contributed by atoms with Crippen LogP contribution in [0.1, 0.15) is 32.4 Å². The van der Waals surface area contributed by atoms with E-state index in [4.69, 9.17) is 9.47 Å². The normalized spacial score (nSPS) is 11.1. The van der Waals surface area contributed by atoms with Crippen LogP contribution in [0.25, 0.3) is 10.2 Å². The van der Waals surface area contributed by atoms with E-state index in [2.05, 4.69) is 24.8 Å². The molecule has 0 radical (unpaired) electrons. The molecule has 3 heterocycles. The van der Waals surface area contributed by atoms with Crippen LogP contribution in [-0.4, -0.2) is 39.6 Å². The molecule has 1 N–H and O–H groups in total. The topological polar surface area (TPSA) is 91.2 Å². The second-order valence-corrected chi connectivity index (χ2v) is 8.07. The lowest BCUT2D eigenvalue weighted by atomic mass is 10.2. The van der Waals surface area contributed by atoms with Crippen molar-refractivity contribution < 1.29 is 14.3 Å². The van der Waals surface area contributed by atoms with Gasteiger partial charge >= 0.3 is 0 Å². The number of ether oxygens (including phenoxy) is 2. The predicted octanol–water partition coefficient (Wildman–Crippen LogP) is 3.96. The zero-order valence-corrected chi connectivity index (χ0v) is 18.6. The number of methoxy groups -OCH3 is 2. The Morgan fingerprint density at radius 3 is 2.58 bits per heavy atom. The summed E-state index contributed by atoms with van der Waals surface area (Å²) < 4.78 is 12.6. The number of hydrogen-bond acceptors (Lipinski definition) is 7. The Hall–Kier alpha value is -3.30. The number of benzene rings is 1. The van der Waals surface area contributed by atoms with Gasteiger partial charge in [-0.2, -0.15) is 4.98 Å². The Bertz CT molecular complexity index is 1230.